The van der Waals surface area contributed by atoms with Crippen LogP contribution in [0.3, 0.4) is 0 Å². The Hall–Kier alpha value is -2.47. The van der Waals surface area contributed by atoms with Crippen LogP contribution in [0, 0.1) is 6.92 Å². The molecule has 1 amide bonds. The lowest BCUT2D eigenvalue weighted by molar-refractivity contribution is -0.131. The predicted octanol–water partition coefficient (Wildman–Crippen LogP) is 3.92. The fourth-order valence-corrected chi connectivity index (χ4v) is 3.60. The lowest BCUT2D eigenvalue weighted by atomic mass is 10.2. The molecule has 0 fully saturated rings. The van der Waals surface area contributed by atoms with E-state index in [2.05, 4.69) is 9.97 Å². The van der Waals surface area contributed by atoms with Gasteiger partial charge in [0.2, 0.25) is 5.91 Å². The fourth-order valence-electron chi connectivity index (χ4n) is 2.78. The van der Waals surface area contributed by atoms with Crippen LogP contribution in [-0.2, 0) is 11.3 Å². The standard InChI is InChI=1S/C19H22N4OS/c1-14(23-10-9-20-15(23)2)11-18(24)22(3)12-17-13-25-19(21-17)16-7-5-4-6-8-16/h4-10,13-14H,11-12H2,1-3H3/t14-/m0/s1. The third kappa shape index (κ3) is 4.14. The van der Waals surface area contributed by atoms with Gasteiger partial charge in [-0.05, 0) is 13.8 Å². The molecule has 0 aliphatic heterocycles. The second-order valence-corrected chi connectivity index (χ2v) is 7.05. The van der Waals surface area contributed by atoms with Crippen molar-refractivity contribution in [3.63, 3.8) is 0 Å². The lowest BCUT2D eigenvalue weighted by Crippen LogP contribution is -2.28. The Morgan fingerprint density at radius 3 is 2.76 bits per heavy atom. The zero-order valence-corrected chi connectivity index (χ0v) is 15.5. The summed E-state index contributed by atoms with van der Waals surface area (Å²) in [5.74, 6) is 1.03. The molecule has 1 aromatic carbocycles. The van der Waals surface area contributed by atoms with E-state index in [1.54, 1.807) is 22.4 Å². The Labute approximate surface area is 152 Å². The van der Waals surface area contributed by atoms with Gasteiger partial charge in [0.1, 0.15) is 10.8 Å². The minimum Gasteiger partial charge on any atom is -0.340 e. The normalized spacial score (nSPS) is 12.1. The molecule has 0 unspecified atom stereocenters. The molecule has 25 heavy (non-hydrogen) atoms. The average Bonchev–Trinajstić information content (AvgIpc) is 3.24. The predicted molar refractivity (Wildman–Crippen MR) is 100 cm³/mol. The Balaban J connectivity index is 1.60. The number of hydrogen-bond donors (Lipinski definition) is 0. The molecular weight excluding hydrogens is 332 g/mol. The van der Waals surface area contributed by atoms with Gasteiger partial charge in [0.25, 0.3) is 0 Å². The van der Waals surface area contributed by atoms with Crippen LogP contribution in [0.15, 0.2) is 48.1 Å². The largest absolute Gasteiger partial charge is 0.340 e. The van der Waals surface area contributed by atoms with E-state index in [-0.39, 0.29) is 11.9 Å². The van der Waals surface area contributed by atoms with Crippen LogP contribution >= 0.6 is 11.3 Å². The number of carbonyl (C=O) groups is 1. The molecule has 130 valence electrons. The molecule has 1 atom stereocenters. The molecule has 0 saturated carbocycles. The summed E-state index contributed by atoms with van der Waals surface area (Å²) in [4.78, 5) is 23.1. The molecule has 2 heterocycles. The van der Waals surface area contributed by atoms with Crippen molar-refractivity contribution in [1.82, 2.24) is 19.4 Å². The molecule has 0 spiro atoms. The zero-order valence-electron chi connectivity index (χ0n) is 14.7. The number of carbonyl (C=O) groups excluding carboxylic acids is 1. The van der Waals surface area contributed by atoms with Crippen LogP contribution in [0.5, 0.6) is 0 Å². The molecule has 0 aliphatic carbocycles. The first-order valence-electron chi connectivity index (χ1n) is 8.28. The number of benzene rings is 1. The number of thiazole rings is 1. The molecule has 6 heteroatoms. The van der Waals surface area contributed by atoms with E-state index >= 15 is 0 Å². The molecule has 2 aromatic heterocycles. The molecule has 5 nitrogen and oxygen atoms in total. The van der Waals surface area contributed by atoms with Crippen LogP contribution in [-0.4, -0.2) is 32.4 Å². The van der Waals surface area contributed by atoms with Crippen molar-refractivity contribution in [2.45, 2.75) is 32.9 Å². The van der Waals surface area contributed by atoms with Crippen LogP contribution in [0.2, 0.25) is 0 Å². The van der Waals surface area contributed by atoms with E-state index in [0.717, 1.165) is 22.1 Å². The third-order valence-electron chi connectivity index (χ3n) is 4.20. The van der Waals surface area contributed by atoms with Gasteiger partial charge in [-0.3, -0.25) is 4.79 Å². The maximum Gasteiger partial charge on any atom is 0.224 e. The molecule has 3 rings (SSSR count). The van der Waals surface area contributed by atoms with Crippen molar-refractivity contribution >= 4 is 17.2 Å². The molecule has 0 N–H and O–H groups in total. The number of amides is 1. The topological polar surface area (TPSA) is 51.0 Å². The minimum atomic E-state index is 0.0905. The zero-order chi connectivity index (χ0) is 17.8. The second kappa shape index (κ2) is 7.61. The van der Waals surface area contributed by atoms with E-state index < -0.39 is 0 Å². The lowest BCUT2D eigenvalue weighted by Gasteiger charge is -2.20. The van der Waals surface area contributed by atoms with E-state index in [4.69, 9.17) is 0 Å². The monoisotopic (exact) mass is 354 g/mol. The summed E-state index contributed by atoms with van der Waals surface area (Å²) in [5.41, 5.74) is 2.03. The summed E-state index contributed by atoms with van der Waals surface area (Å²) >= 11 is 1.61. The third-order valence-corrected chi connectivity index (χ3v) is 5.14. The van der Waals surface area contributed by atoms with Gasteiger partial charge < -0.3 is 9.47 Å². The first-order valence-corrected chi connectivity index (χ1v) is 9.16. The van der Waals surface area contributed by atoms with Crippen molar-refractivity contribution in [3.8, 4) is 10.6 Å². The van der Waals surface area contributed by atoms with Gasteiger partial charge in [-0.1, -0.05) is 30.3 Å². The number of hydrogen-bond acceptors (Lipinski definition) is 4. The number of rotatable bonds is 6. The Morgan fingerprint density at radius 1 is 1.32 bits per heavy atom. The van der Waals surface area contributed by atoms with Gasteiger partial charge in [-0.2, -0.15) is 0 Å². The van der Waals surface area contributed by atoms with Crippen molar-refractivity contribution in [1.29, 1.82) is 0 Å². The van der Waals surface area contributed by atoms with E-state index in [0.29, 0.717) is 13.0 Å². The highest BCUT2D eigenvalue weighted by Gasteiger charge is 2.17. The summed E-state index contributed by atoms with van der Waals surface area (Å²) in [6.45, 7) is 4.51. The SMILES string of the molecule is Cc1nccn1[C@@H](C)CC(=O)N(C)Cc1csc(-c2ccccc2)n1. The maximum atomic E-state index is 12.5. The molecule has 0 radical (unpaired) electrons. The minimum absolute atomic E-state index is 0.0905. The Kier molecular flexibility index (Phi) is 5.28. The summed E-state index contributed by atoms with van der Waals surface area (Å²) < 4.78 is 2.03. The number of nitrogens with zero attached hydrogens (tertiary/aromatic N) is 4. The van der Waals surface area contributed by atoms with Gasteiger partial charge in [0, 0.05) is 42.8 Å². The first kappa shape index (κ1) is 17.4. The number of aryl methyl sites for hydroxylation is 1. The molecule has 0 bridgehead atoms. The molecular formula is C19H22N4OS. The first-order chi connectivity index (χ1) is 12.0. The molecule has 0 aliphatic rings. The highest BCUT2D eigenvalue weighted by Crippen LogP contribution is 2.24. The Morgan fingerprint density at radius 2 is 2.08 bits per heavy atom. The highest BCUT2D eigenvalue weighted by molar-refractivity contribution is 7.13. The smallest absolute Gasteiger partial charge is 0.224 e. The van der Waals surface area contributed by atoms with Crippen LogP contribution in [0.4, 0.5) is 0 Å². The summed E-state index contributed by atoms with van der Waals surface area (Å²) in [7, 11) is 1.83. The average molecular weight is 354 g/mol. The number of aromatic nitrogens is 3. The van der Waals surface area contributed by atoms with Gasteiger partial charge >= 0.3 is 0 Å². The fraction of sp³-hybridized carbons (Fsp3) is 0.316. The summed E-state index contributed by atoms with van der Waals surface area (Å²) in [6, 6.07) is 10.2. The van der Waals surface area contributed by atoms with Gasteiger partial charge in [0.05, 0.1) is 12.2 Å². The number of imidazole rings is 1. The van der Waals surface area contributed by atoms with E-state index in [9.17, 15) is 4.79 Å². The quantitative estimate of drug-likeness (QED) is 0.674. The summed E-state index contributed by atoms with van der Waals surface area (Å²) in [5, 5.41) is 3.01. The summed E-state index contributed by atoms with van der Waals surface area (Å²) in [6.07, 6.45) is 4.13. The Bertz CT molecular complexity index is 840. The maximum absolute atomic E-state index is 12.5. The van der Waals surface area contributed by atoms with Gasteiger partial charge in [-0.15, -0.1) is 11.3 Å². The molecule has 0 saturated heterocycles. The van der Waals surface area contributed by atoms with Crippen molar-refractivity contribution in [2.24, 2.45) is 0 Å². The van der Waals surface area contributed by atoms with Crippen LogP contribution in [0.1, 0.15) is 30.9 Å². The van der Waals surface area contributed by atoms with Crippen molar-refractivity contribution in [3.05, 3.63) is 59.6 Å². The highest BCUT2D eigenvalue weighted by atomic mass is 32.1. The van der Waals surface area contributed by atoms with Crippen LogP contribution in [0.25, 0.3) is 10.6 Å². The second-order valence-electron chi connectivity index (χ2n) is 6.19. The van der Waals surface area contributed by atoms with E-state index in [1.165, 1.54) is 0 Å². The van der Waals surface area contributed by atoms with E-state index in [1.807, 2.05) is 67.4 Å². The van der Waals surface area contributed by atoms with Crippen molar-refractivity contribution in [2.75, 3.05) is 7.05 Å². The van der Waals surface area contributed by atoms with Crippen molar-refractivity contribution < 1.29 is 4.79 Å². The van der Waals surface area contributed by atoms with Gasteiger partial charge in [-0.25, -0.2) is 9.97 Å². The van der Waals surface area contributed by atoms with Gasteiger partial charge in [0.15, 0.2) is 0 Å². The van der Waals surface area contributed by atoms with Crippen LogP contribution < -0.4 is 0 Å². The molecule has 3 aromatic rings.